The number of rotatable bonds is 2. The van der Waals surface area contributed by atoms with Gasteiger partial charge in [0.25, 0.3) is 5.82 Å². The number of aryl methyl sites for hydroxylation is 4. The first-order chi connectivity index (χ1) is 12.5. The minimum absolute atomic E-state index is 0.204. The zero-order chi connectivity index (χ0) is 18.4. The first-order valence-corrected chi connectivity index (χ1v) is 8.82. The molecule has 0 amide bonds. The van der Waals surface area contributed by atoms with Gasteiger partial charge in [-0.2, -0.15) is 4.57 Å². The maximum atomic E-state index is 14.7. The number of para-hydroxylation sites is 2. The van der Waals surface area contributed by atoms with Crippen LogP contribution in [0, 0.1) is 26.6 Å². The van der Waals surface area contributed by atoms with Gasteiger partial charge in [0, 0.05) is 0 Å². The van der Waals surface area contributed by atoms with Crippen molar-refractivity contribution in [2.45, 2.75) is 20.8 Å². The van der Waals surface area contributed by atoms with E-state index < -0.39 is 0 Å². The number of hydrogen-bond acceptors (Lipinski definition) is 0. The molecule has 0 saturated carbocycles. The summed E-state index contributed by atoms with van der Waals surface area (Å²) in [7, 11) is 1.94. The Labute approximate surface area is 153 Å². The van der Waals surface area contributed by atoms with Crippen molar-refractivity contribution < 1.29 is 8.96 Å². The van der Waals surface area contributed by atoms with Gasteiger partial charge in [0.2, 0.25) is 5.52 Å². The van der Waals surface area contributed by atoms with Gasteiger partial charge < -0.3 is 0 Å². The zero-order valence-corrected chi connectivity index (χ0v) is 15.5. The Morgan fingerprint density at radius 3 is 2.08 bits per heavy atom. The van der Waals surface area contributed by atoms with Crippen molar-refractivity contribution in [2.24, 2.45) is 7.05 Å². The van der Waals surface area contributed by atoms with Crippen LogP contribution in [0.15, 0.2) is 60.7 Å². The predicted molar refractivity (Wildman–Crippen MR) is 104 cm³/mol. The van der Waals surface area contributed by atoms with Crippen LogP contribution in [0.5, 0.6) is 0 Å². The van der Waals surface area contributed by atoms with Crippen molar-refractivity contribution in [3.05, 3.63) is 83.2 Å². The van der Waals surface area contributed by atoms with E-state index in [9.17, 15) is 4.39 Å². The van der Waals surface area contributed by atoms with E-state index in [-0.39, 0.29) is 5.82 Å². The topological polar surface area (TPSA) is 8.81 Å². The maximum absolute atomic E-state index is 14.7. The zero-order valence-electron chi connectivity index (χ0n) is 15.5. The fourth-order valence-corrected chi connectivity index (χ4v) is 3.90. The van der Waals surface area contributed by atoms with Crippen LogP contribution in [0.3, 0.4) is 0 Å². The molecule has 0 unspecified atom stereocenters. The second-order valence-electron chi connectivity index (χ2n) is 6.88. The average molecular weight is 345 g/mol. The van der Waals surface area contributed by atoms with Crippen molar-refractivity contribution in [3.63, 3.8) is 0 Å². The highest BCUT2D eigenvalue weighted by atomic mass is 19.1. The summed E-state index contributed by atoms with van der Waals surface area (Å²) >= 11 is 0. The fourth-order valence-electron chi connectivity index (χ4n) is 3.90. The molecule has 0 saturated heterocycles. The number of imidazole rings is 1. The third-order valence-corrected chi connectivity index (χ3v) is 5.12. The highest BCUT2D eigenvalue weighted by Crippen LogP contribution is 2.32. The summed E-state index contributed by atoms with van der Waals surface area (Å²) in [5, 5.41) is 0. The van der Waals surface area contributed by atoms with E-state index in [1.54, 1.807) is 6.07 Å². The highest BCUT2D eigenvalue weighted by Gasteiger charge is 2.30. The molecule has 130 valence electrons. The van der Waals surface area contributed by atoms with Gasteiger partial charge in [0.05, 0.1) is 12.6 Å². The van der Waals surface area contributed by atoms with E-state index >= 15 is 0 Å². The summed E-state index contributed by atoms with van der Waals surface area (Å²) in [5.74, 6) is 0.783. The molecule has 0 spiro atoms. The minimum atomic E-state index is -0.204. The van der Waals surface area contributed by atoms with E-state index in [0.29, 0.717) is 5.52 Å². The van der Waals surface area contributed by atoms with Gasteiger partial charge in [-0.05, 0) is 55.7 Å². The number of nitrogens with zero attached hydrogens (tertiary/aromatic N) is 2. The number of benzene rings is 3. The van der Waals surface area contributed by atoms with Crippen LogP contribution < -0.4 is 4.57 Å². The van der Waals surface area contributed by atoms with Crippen molar-refractivity contribution in [1.82, 2.24) is 4.57 Å². The summed E-state index contributed by atoms with van der Waals surface area (Å²) in [6.07, 6.45) is 0. The van der Waals surface area contributed by atoms with Crippen LogP contribution in [-0.2, 0) is 7.05 Å². The van der Waals surface area contributed by atoms with Gasteiger partial charge in [-0.15, -0.1) is 0 Å². The molecule has 0 aliphatic carbocycles. The molecule has 0 radical (unpaired) electrons. The van der Waals surface area contributed by atoms with Crippen molar-refractivity contribution in [3.8, 4) is 17.1 Å². The molecule has 26 heavy (non-hydrogen) atoms. The van der Waals surface area contributed by atoms with Crippen LogP contribution >= 0.6 is 0 Å². The van der Waals surface area contributed by atoms with Crippen LogP contribution in [0.4, 0.5) is 4.39 Å². The maximum Gasteiger partial charge on any atom is 0.295 e. The molecule has 3 aromatic carbocycles. The molecule has 4 aromatic rings. The lowest BCUT2D eigenvalue weighted by atomic mass is 10.1. The van der Waals surface area contributed by atoms with Gasteiger partial charge in [-0.3, -0.25) is 0 Å². The van der Waals surface area contributed by atoms with Crippen LogP contribution in [0.25, 0.3) is 28.1 Å². The third-order valence-electron chi connectivity index (χ3n) is 5.12. The SMILES string of the molecule is Cc1ccccc1-c1n(-c2c(C)cccc2C)c2cccc(F)c2[n+]1C. The Bertz CT molecular complexity index is 1120. The van der Waals surface area contributed by atoms with Gasteiger partial charge in [0.1, 0.15) is 5.69 Å². The van der Waals surface area contributed by atoms with E-state index in [1.165, 1.54) is 22.8 Å². The van der Waals surface area contributed by atoms with E-state index in [0.717, 1.165) is 22.6 Å². The molecule has 0 bridgehead atoms. The number of aromatic nitrogens is 2. The standard InChI is InChI=1S/C23H22FN2/c1-15-9-5-6-12-18(15)23-25(4)22-19(24)13-8-14-20(22)26(23)21-16(2)10-7-11-17(21)3/h5-14H,1-4H3/q+1. The largest absolute Gasteiger partial charge is 0.295 e. The second kappa shape index (κ2) is 6.10. The molecule has 4 rings (SSSR count). The lowest BCUT2D eigenvalue weighted by Gasteiger charge is -2.10. The molecule has 2 nitrogen and oxygen atoms in total. The van der Waals surface area contributed by atoms with Gasteiger partial charge in [-0.1, -0.05) is 42.5 Å². The summed E-state index contributed by atoms with van der Waals surface area (Å²) in [6, 6.07) is 19.8. The number of fused-ring (bicyclic) bond motifs is 1. The molecular formula is C23H22FN2+. The number of halogens is 1. The molecule has 1 aromatic heterocycles. The number of hydrogen-bond donors (Lipinski definition) is 0. The summed E-state index contributed by atoms with van der Waals surface area (Å²) in [4.78, 5) is 0. The summed E-state index contributed by atoms with van der Waals surface area (Å²) < 4.78 is 18.9. The monoisotopic (exact) mass is 345 g/mol. The average Bonchev–Trinajstić information content (AvgIpc) is 2.89. The normalized spacial score (nSPS) is 11.3. The Morgan fingerprint density at radius 1 is 0.769 bits per heavy atom. The van der Waals surface area contributed by atoms with Gasteiger partial charge in [-0.25, -0.2) is 8.96 Å². The fraction of sp³-hybridized carbons (Fsp3) is 0.174. The van der Waals surface area contributed by atoms with Crippen LogP contribution in [-0.4, -0.2) is 4.57 Å². The van der Waals surface area contributed by atoms with Gasteiger partial charge >= 0.3 is 0 Å². The lowest BCUT2D eigenvalue weighted by molar-refractivity contribution is -0.634. The Balaban J connectivity index is 2.24. The Hall–Kier alpha value is -2.94. The van der Waals surface area contributed by atoms with Crippen molar-refractivity contribution >= 4 is 11.0 Å². The van der Waals surface area contributed by atoms with Crippen molar-refractivity contribution in [2.75, 3.05) is 0 Å². The Morgan fingerprint density at radius 2 is 1.38 bits per heavy atom. The summed E-state index contributed by atoms with van der Waals surface area (Å²) in [6.45, 7) is 6.31. The Kier molecular flexibility index (Phi) is 3.87. The van der Waals surface area contributed by atoms with Crippen LogP contribution in [0.2, 0.25) is 0 Å². The predicted octanol–water partition coefficient (Wildman–Crippen LogP) is 5.19. The molecule has 0 N–H and O–H groups in total. The smallest absolute Gasteiger partial charge is 0.223 e. The van der Waals surface area contributed by atoms with E-state index in [2.05, 4.69) is 55.7 Å². The second-order valence-corrected chi connectivity index (χ2v) is 6.88. The first kappa shape index (κ1) is 16.5. The van der Waals surface area contributed by atoms with Gasteiger partial charge in [0.15, 0.2) is 11.3 Å². The molecule has 1 heterocycles. The van der Waals surface area contributed by atoms with E-state index in [4.69, 9.17) is 0 Å². The first-order valence-electron chi connectivity index (χ1n) is 8.82. The lowest BCUT2D eigenvalue weighted by Crippen LogP contribution is -2.31. The minimum Gasteiger partial charge on any atom is -0.223 e. The molecule has 0 aliphatic heterocycles. The quantitative estimate of drug-likeness (QED) is 0.442. The van der Waals surface area contributed by atoms with E-state index in [1.807, 2.05) is 29.8 Å². The molecule has 0 atom stereocenters. The molecular weight excluding hydrogens is 323 g/mol. The molecule has 0 fully saturated rings. The molecule has 0 aliphatic rings. The molecule has 3 heteroatoms. The van der Waals surface area contributed by atoms with Crippen molar-refractivity contribution in [1.29, 1.82) is 0 Å². The third kappa shape index (κ3) is 2.35. The van der Waals surface area contributed by atoms with Crippen LogP contribution in [0.1, 0.15) is 16.7 Å². The highest BCUT2D eigenvalue weighted by molar-refractivity contribution is 5.81. The summed E-state index contributed by atoms with van der Waals surface area (Å²) in [5.41, 5.74) is 7.22.